The molecule has 1 saturated carbocycles. The van der Waals surface area contributed by atoms with Gasteiger partial charge in [0, 0.05) is 31.6 Å². The second-order valence-electron chi connectivity index (χ2n) is 11.3. The molecule has 8 heteroatoms. The number of carbonyl (C=O) groups is 1. The first-order valence-corrected chi connectivity index (χ1v) is 14.5. The van der Waals surface area contributed by atoms with Gasteiger partial charge in [-0.25, -0.2) is 13.2 Å². The van der Waals surface area contributed by atoms with Gasteiger partial charge in [-0.05, 0) is 88.2 Å². The van der Waals surface area contributed by atoms with Crippen LogP contribution >= 0.6 is 0 Å². The van der Waals surface area contributed by atoms with Crippen LogP contribution in [0.3, 0.4) is 0 Å². The van der Waals surface area contributed by atoms with Gasteiger partial charge in [0.25, 0.3) is 10.0 Å². The summed E-state index contributed by atoms with van der Waals surface area (Å²) >= 11 is 0. The number of anilines is 1. The number of hydrogen-bond acceptors (Lipinski definition) is 5. The number of ether oxygens (including phenoxy) is 1. The molecule has 0 radical (unpaired) electrons. The van der Waals surface area contributed by atoms with Crippen LogP contribution in [0.5, 0.6) is 0 Å². The largest absolute Gasteiger partial charge is 0.444 e. The van der Waals surface area contributed by atoms with Crippen molar-refractivity contribution >= 4 is 21.8 Å². The Morgan fingerprint density at radius 2 is 1.78 bits per heavy atom. The molecule has 194 valence electrons. The first-order valence-electron chi connectivity index (χ1n) is 13.0. The van der Waals surface area contributed by atoms with E-state index in [0.29, 0.717) is 29.3 Å². The predicted octanol–water partition coefficient (Wildman–Crippen LogP) is 4.53. The highest BCUT2D eigenvalue weighted by molar-refractivity contribution is 7.92. The number of nitrogens with zero attached hydrogens (tertiary/aromatic N) is 2. The highest BCUT2D eigenvalue weighted by Gasteiger charge is 2.40. The van der Waals surface area contributed by atoms with Gasteiger partial charge in [0.15, 0.2) is 0 Å². The number of amides is 1. The molecule has 0 aromatic heterocycles. The molecule has 1 aliphatic carbocycles. The summed E-state index contributed by atoms with van der Waals surface area (Å²) in [5.74, 6) is 1.05. The highest BCUT2D eigenvalue weighted by Crippen LogP contribution is 2.44. The fourth-order valence-corrected chi connectivity index (χ4v) is 6.87. The van der Waals surface area contributed by atoms with Crippen molar-refractivity contribution in [3.8, 4) is 0 Å². The molecule has 1 amide bonds. The molecule has 0 bridgehead atoms. The lowest BCUT2D eigenvalue weighted by molar-refractivity contribution is 0.0184. The Kier molecular flexibility index (Phi) is 6.76. The molecular formula is C28H37N3O4S. The molecule has 5 rings (SSSR count). The average molecular weight is 512 g/mol. The number of carbonyl (C=O) groups excluding carboxylic acids is 1. The Morgan fingerprint density at radius 1 is 1.06 bits per heavy atom. The zero-order valence-electron chi connectivity index (χ0n) is 21.4. The molecular weight excluding hydrogens is 474 g/mol. The van der Waals surface area contributed by atoms with Crippen LogP contribution in [-0.4, -0.2) is 57.2 Å². The Bertz CT molecular complexity index is 1200. The van der Waals surface area contributed by atoms with Gasteiger partial charge in [-0.1, -0.05) is 30.3 Å². The van der Waals surface area contributed by atoms with Crippen molar-refractivity contribution in [1.29, 1.82) is 0 Å². The maximum atomic E-state index is 13.1. The van der Waals surface area contributed by atoms with Gasteiger partial charge in [0.2, 0.25) is 0 Å². The Hall–Kier alpha value is -2.58. The first kappa shape index (κ1) is 25.1. The third kappa shape index (κ3) is 5.39. The summed E-state index contributed by atoms with van der Waals surface area (Å²) < 4.78 is 33.3. The molecule has 1 saturated heterocycles. The average Bonchev–Trinajstić information content (AvgIpc) is 3.50. The molecule has 1 N–H and O–H groups in total. The number of fused-ring (bicyclic) bond motifs is 1. The minimum Gasteiger partial charge on any atom is -0.444 e. The second-order valence-corrected chi connectivity index (χ2v) is 13.2. The van der Waals surface area contributed by atoms with E-state index in [2.05, 4.69) is 17.4 Å². The lowest BCUT2D eigenvalue weighted by Crippen LogP contribution is -2.43. The number of nitrogens with one attached hydrogen (secondary N) is 1. The quantitative estimate of drug-likeness (QED) is 0.617. The summed E-state index contributed by atoms with van der Waals surface area (Å²) in [4.78, 5) is 14.4. The van der Waals surface area contributed by atoms with E-state index in [0.717, 1.165) is 56.6 Å². The van der Waals surface area contributed by atoms with Gasteiger partial charge in [0.1, 0.15) is 5.60 Å². The van der Waals surface area contributed by atoms with Crippen LogP contribution in [0.15, 0.2) is 53.4 Å². The number of benzene rings is 2. The van der Waals surface area contributed by atoms with Crippen molar-refractivity contribution in [2.45, 2.75) is 68.9 Å². The minimum absolute atomic E-state index is 0.206. The van der Waals surface area contributed by atoms with Crippen molar-refractivity contribution < 1.29 is 17.9 Å². The van der Waals surface area contributed by atoms with E-state index in [1.54, 1.807) is 28.6 Å². The van der Waals surface area contributed by atoms with Crippen molar-refractivity contribution in [2.75, 3.05) is 30.5 Å². The molecule has 0 spiro atoms. The number of sulfonamides is 1. The fourth-order valence-electron chi connectivity index (χ4n) is 5.34. The van der Waals surface area contributed by atoms with Crippen LogP contribution in [0.2, 0.25) is 0 Å². The summed E-state index contributed by atoms with van der Waals surface area (Å²) in [7, 11) is -3.53. The monoisotopic (exact) mass is 511 g/mol. The molecule has 2 unspecified atom stereocenters. The number of likely N-dealkylation sites (tertiary alicyclic amines) is 1. The van der Waals surface area contributed by atoms with Crippen molar-refractivity contribution in [2.24, 2.45) is 5.92 Å². The molecule has 2 heterocycles. The molecule has 2 aromatic rings. The standard InChI is InChI=1S/C28H37N3O4S/c1-28(2,3)35-27(32)30-14-11-20(12-15-30)19-29-25-18-24(25)21-9-10-26-22(17-21)13-16-31(26)36(33,34)23-7-5-4-6-8-23/h4-10,17,20,24-25,29H,11-16,18-19H2,1-3H3. The zero-order valence-corrected chi connectivity index (χ0v) is 22.3. The normalized spacial score (nSPS) is 22.4. The predicted molar refractivity (Wildman–Crippen MR) is 141 cm³/mol. The van der Waals surface area contributed by atoms with E-state index in [1.165, 1.54) is 5.56 Å². The summed E-state index contributed by atoms with van der Waals surface area (Å²) in [6.07, 6.45) is 3.64. The highest BCUT2D eigenvalue weighted by atomic mass is 32.2. The fraction of sp³-hybridized carbons (Fsp3) is 0.536. The minimum atomic E-state index is -3.53. The lowest BCUT2D eigenvalue weighted by atomic mass is 9.97. The Morgan fingerprint density at radius 3 is 2.47 bits per heavy atom. The zero-order chi connectivity index (χ0) is 25.5. The van der Waals surface area contributed by atoms with Crippen LogP contribution < -0.4 is 9.62 Å². The van der Waals surface area contributed by atoms with Gasteiger partial charge in [0.05, 0.1) is 10.6 Å². The van der Waals surface area contributed by atoms with Crippen LogP contribution in [0, 0.1) is 5.92 Å². The van der Waals surface area contributed by atoms with Crippen LogP contribution in [0.1, 0.15) is 57.1 Å². The maximum absolute atomic E-state index is 13.1. The molecule has 2 atom stereocenters. The smallest absolute Gasteiger partial charge is 0.410 e. The SMILES string of the molecule is CC(C)(C)OC(=O)N1CCC(CNC2CC2c2ccc3c(c2)CCN3S(=O)(=O)c2ccccc2)CC1. The third-order valence-electron chi connectivity index (χ3n) is 7.44. The summed E-state index contributed by atoms with van der Waals surface area (Å²) in [5.41, 5.74) is 2.77. The van der Waals surface area contributed by atoms with Crippen molar-refractivity contribution in [1.82, 2.24) is 10.2 Å². The van der Waals surface area contributed by atoms with E-state index < -0.39 is 15.6 Å². The van der Waals surface area contributed by atoms with Crippen LogP contribution in [0.4, 0.5) is 10.5 Å². The van der Waals surface area contributed by atoms with E-state index in [-0.39, 0.29) is 6.09 Å². The Labute approximate surface area is 214 Å². The van der Waals surface area contributed by atoms with E-state index in [9.17, 15) is 13.2 Å². The summed E-state index contributed by atoms with van der Waals surface area (Å²) in [6.45, 7) is 8.67. The van der Waals surface area contributed by atoms with E-state index in [4.69, 9.17) is 4.74 Å². The summed E-state index contributed by atoms with van der Waals surface area (Å²) in [5, 5.41) is 3.74. The first-order chi connectivity index (χ1) is 17.1. The van der Waals surface area contributed by atoms with Crippen LogP contribution in [0.25, 0.3) is 0 Å². The molecule has 7 nitrogen and oxygen atoms in total. The molecule has 2 aromatic carbocycles. The van der Waals surface area contributed by atoms with E-state index in [1.807, 2.05) is 37.8 Å². The topological polar surface area (TPSA) is 79.0 Å². The number of piperidine rings is 1. The van der Waals surface area contributed by atoms with Gasteiger partial charge < -0.3 is 15.0 Å². The van der Waals surface area contributed by atoms with Crippen molar-refractivity contribution in [3.63, 3.8) is 0 Å². The lowest BCUT2D eigenvalue weighted by Gasteiger charge is -2.33. The summed E-state index contributed by atoms with van der Waals surface area (Å²) in [6, 6.07) is 15.4. The Balaban J connectivity index is 1.12. The maximum Gasteiger partial charge on any atom is 0.410 e. The molecule has 2 fully saturated rings. The molecule has 2 aliphatic heterocycles. The van der Waals surface area contributed by atoms with Gasteiger partial charge in [-0.3, -0.25) is 4.31 Å². The third-order valence-corrected chi connectivity index (χ3v) is 9.27. The number of hydrogen-bond donors (Lipinski definition) is 1. The van der Waals surface area contributed by atoms with Gasteiger partial charge in [-0.2, -0.15) is 0 Å². The molecule has 36 heavy (non-hydrogen) atoms. The number of rotatable bonds is 6. The van der Waals surface area contributed by atoms with Crippen molar-refractivity contribution in [3.05, 3.63) is 59.7 Å². The van der Waals surface area contributed by atoms with Crippen LogP contribution in [-0.2, 0) is 21.2 Å². The van der Waals surface area contributed by atoms with E-state index >= 15 is 0 Å². The molecule has 3 aliphatic rings. The van der Waals surface area contributed by atoms with Gasteiger partial charge in [-0.15, -0.1) is 0 Å². The van der Waals surface area contributed by atoms with Gasteiger partial charge >= 0.3 is 6.09 Å². The second kappa shape index (κ2) is 9.71.